The summed E-state index contributed by atoms with van der Waals surface area (Å²) in [4.78, 5) is 0. The minimum Gasteiger partial charge on any atom is -0.772 e. The van der Waals surface area contributed by atoms with E-state index < -0.39 is 11.1 Å². The summed E-state index contributed by atoms with van der Waals surface area (Å²) >= 11 is 2.07. The molecule has 12 heavy (non-hydrogen) atoms. The summed E-state index contributed by atoms with van der Waals surface area (Å²) in [7, 11) is 0. The first-order chi connectivity index (χ1) is 3.77. The van der Waals surface area contributed by atoms with E-state index in [0.29, 0.717) is 0 Å². The fourth-order valence-electron chi connectivity index (χ4n) is 0.332. The summed E-state index contributed by atoms with van der Waals surface area (Å²) in [5.41, 5.74) is 0. The van der Waals surface area contributed by atoms with E-state index in [2.05, 4.69) is 12.6 Å². The average molecular weight is 230 g/mol. The van der Waals surface area contributed by atoms with Crippen LogP contribution in [-0.2, 0) is 11.1 Å². The molecule has 74 valence electrons. The molecule has 1 atom stereocenters. The molecule has 0 amide bonds. The zero-order valence-electron chi connectivity index (χ0n) is 7.00. The fraction of sp³-hybridized carbons (Fsp3) is 1.00. The number of hydrogen-bond donors (Lipinski definition) is 1. The van der Waals surface area contributed by atoms with Crippen LogP contribution in [0.1, 0.15) is 12.8 Å². The van der Waals surface area contributed by atoms with Crippen molar-refractivity contribution in [1.82, 2.24) is 0 Å². The molecule has 5 nitrogen and oxygen atoms in total. The molecule has 0 radical (unpaired) electrons. The summed E-state index contributed by atoms with van der Waals surface area (Å²) in [6.07, 6.45) is 1.62. The van der Waals surface area contributed by atoms with Crippen molar-refractivity contribution in [2.24, 2.45) is 0 Å². The third-order valence-electron chi connectivity index (χ3n) is 0.719. The van der Waals surface area contributed by atoms with Gasteiger partial charge in [-0.1, -0.05) is 11.1 Å². The van der Waals surface area contributed by atoms with Gasteiger partial charge in [0.25, 0.3) is 0 Å². The monoisotopic (exact) mass is 230 g/mol. The van der Waals surface area contributed by atoms with Crippen LogP contribution in [0.3, 0.4) is 0 Å². The van der Waals surface area contributed by atoms with Gasteiger partial charge >= 0.3 is 29.6 Å². The minimum absolute atomic E-state index is 0. The van der Waals surface area contributed by atoms with Gasteiger partial charge in [0.2, 0.25) is 0 Å². The Morgan fingerprint density at radius 2 is 1.58 bits per heavy atom. The second kappa shape index (κ2) is 22.8. The van der Waals surface area contributed by atoms with Crippen molar-refractivity contribution in [3.63, 3.8) is 0 Å². The van der Waals surface area contributed by atoms with Crippen LogP contribution in [0.25, 0.3) is 0 Å². The molecule has 6 N–H and O–H groups in total. The zero-order valence-corrected chi connectivity index (χ0v) is 10.7. The summed E-state index contributed by atoms with van der Waals surface area (Å²) in [5.74, 6) is 1.05. The number of unbranched alkanes of at least 4 members (excludes halogenated alkanes) is 1. The molecule has 0 spiro atoms. The second-order valence-electron chi connectivity index (χ2n) is 1.44. The molecular weight excluding hydrogens is 215 g/mol. The summed E-state index contributed by atoms with van der Waals surface area (Å²) in [6, 6.07) is 0. The Bertz CT molecular complexity index is 83.8. The van der Waals surface area contributed by atoms with Gasteiger partial charge in [-0.05, 0) is 18.6 Å². The Labute approximate surface area is 102 Å². The van der Waals surface area contributed by atoms with Crippen molar-refractivity contribution in [3.05, 3.63) is 0 Å². The third-order valence-corrected chi connectivity index (χ3v) is 1.66. The van der Waals surface area contributed by atoms with Gasteiger partial charge in [-0.2, -0.15) is 12.6 Å². The van der Waals surface area contributed by atoms with Crippen molar-refractivity contribution in [1.29, 1.82) is 0 Å². The molecular formula is C4H15NaO5S2. The van der Waals surface area contributed by atoms with Gasteiger partial charge < -0.3 is 21.0 Å². The van der Waals surface area contributed by atoms with Gasteiger partial charge in [-0.15, -0.1) is 0 Å². The Kier molecular flexibility index (Phi) is 55.5. The van der Waals surface area contributed by atoms with Gasteiger partial charge in [0.05, 0.1) is 0 Å². The van der Waals surface area contributed by atoms with Crippen molar-refractivity contribution in [3.8, 4) is 0 Å². The maximum atomic E-state index is 9.85. The van der Waals surface area contributed by atoms with Crippen molar-refractivity contribution in [2.45, 2.75) is 12.8 Å². The van der Waals surface area contributed by atoms with Crippen LogP contribution in [0.2, 0.25) is 0 Å². The van der Waals surface area contributed by atoms with Gasteiger partial charge in [0, 0.05) is 5.75 Å². The quantitative estimate of drug-likeness (QED) is 0.224. The maximum Gasteiger partial charge on any atom is 1.00 e. The van der Waals surface area contributed by atoms with Crippen LogP contribution < -0.4 is 29.6 Å². The molecule has 0 rings (SSSR count). The SMILES string of the molecule is O.O.O.O=S([O-])CCCCS.[Na+]. The van der Waals surface area contributed by atoms with Gasteiger partial charge in [-0.25, -0.2) is 0 Å². The van der Waals surface area contributed by atoms with Crippen molar-refractivity contribution < 1.29 is 54.7 Å². The van der Waals surface area contributed by atoms with Gasteiger partial charge in [-0.3, -0.25) is 4.21 Å². The van der Waals surface area contributed by atoms with E-state index in [-0.39, 0.29) is 51.7 Å². The standard InChI is InChI=1S/C4H10O2S2.Na.3H2O/c5-8(6)4-2-1-3-7;;;;/h7H,1-4H2,(H,5,6);;3*1H2/q;+1;;;/p-1. The molecule has 0 bridgehead atoms. The summed E-state index contributed by atoms with van der Waals surface area (Å²) in [6.45, 7) is 0. The van der Waals surface area contributed by atoms with Crippen molar-refractivity contribution in [2.75, 3.05) is 11.5 Å². The van der Waals surface area contributed by atoms with Gasteiger partial charge in [0.15, 0.2) is 0 Å². The van der Waals surface area contributed by atoms with E-state index in [1.807, 2.05) is 0 Å². The van der Waals surface area contributed by atoms with Crippen LogP contribution in [0.15, 0.2) is 0 Å². The van der Waals surface area contributed by atoms with Crippen LogP contribution in [0, 0.1) is 0 Å². The summed E-state index contributed by atoms with van der Waals surface area (Å²) < 4.78 is 19.7. The Morgan fingerprint density at radius 1 is 1.17 bits per heavy atom. The molecule has 8 heteroatoms. The summed E-state index contributed by atoms with van der Waals surface area (Å²) in [5, 5.41) is 0. The van der Waals surface area contributed by atoms with Crippen LogP contribution in [-0.4, -0.2) is 36.7 Å². The Morgan fingerprint density at radius 3 is 1.83 bits per heavy atom. The third kappa shape index (κ3) is 30.2. The predicted octanol–water partition coefficient (Wildman–Crippen LogP) is -4.89. The number of thiol groups is 1. The first-order valence-electron chi connectivity index (χ1n) is 2.44. The topological polar surface area (TPSA) is 135 Å². The van der Waals surface area contributed by atoms with E-state index in [1.54, 1.807) is 0 Å². The van der Waals surface area contributed by atoms with E-state index in [0.717, 1.165) is 18.6 Å². The second-order valence-corrected chi connectivity index (χ2v) is 2.90. The molecule has 0 aromatic carbocycles. The van der Waals surface area contributed by atoms with Crippen LogP contribution in [0.4, 0.5) is 0 Å². The van der Waals surface area contributed by atoms with E-state index >= 15 is 0 Å². The van der Waals surface area contributed by atoms with Crippen molar-refractivity contribution >= 4 is 23.7 Å². The molecule has 0 saturated heterocycles. The smallest absolute Gasteiger partial charge is 0.772 e. The number of rotatable bonds is 4. The largest absolute Gasteiger partial charge is 1.00 e. The molecule has 0 heterocycles. The fourth-order valence-corrected chi connectivity index (χ4v) is 0.995. The molecule has 0 saturated carbocycles. The Hall–Kier alpha value is 1.34. The van der Waals surface area contributed by atoms with Crippen LogP contribution >= 0.6 is 12.6 Å². The molecule has 1 unspecified atom stereocenters. The molecule has 0 aromatic rings. The maximum absolute atomic E-state index is 9.85. The normalized spacial score (nSPS) is 9.17. The molecule has 0 aromatic heterocycles. The zero-order chi connectivity index (χ0) is 6.41. The number of hydrogen-bond acceptors (Lipinski definition) is 3. The van der Waals surface area contributed by atoms with E-state index in [1.165, 1.54) is 0 Å². The Balaban J connectivity index is -0.0000000408. The predicted molar refractivity (Wildman–Crippen MR) is 47.7 cm³/mol. The minimum atomic E-state index is -1.85. The first-order valence-corrected chi connectivity index (χ1v) is 4.31. The molecule has 0 aliphatic carbocycles. The van der Waals surface area contributed by atoms with Crippen LogP contribution in [0.5, 0.6) is 0 Å². The average Bonchev–Trinajstić information content (AvgIpc) is 1.66. The van der Waals surface area contributed by atoms with E-state index in [4.69, 9.17) is 0 Å². The first kappa shape index (κ1) is 29.2. The van der Waals surface area contributed by atoms with Gasteiger partial charge in [0.1, 0.15) is 0 Å². The molecule has 0 aliphatic heterocycles. The molecule has 0 aliphatic rings. The van der Waals surface area contributed by atoms with E-state index in [9.17, 15) is 8.76 Å². The molecule has 0 fully saturated rings.